The number of nitrogens with two attached hydrogens (primary N) is 2. The van der Waals surface area contributed by atoms with Crippen LogP contribution < -0.4 is 20.3 Å². The van der Waals surface area contributed by atoms with Gasteiger partial charge in [0.05, 0.1) is 10.9 Å². The Bertz CT molecular complexity index is 1520. The minimum absolute atomic E-state index is 0.0689. The highest BCUT2D eigenvalue weighted by Crippen LogP contribution is 2.34. The largest absolute Gasteiger partial charge is 0.483 e. The van der Waals surface area contributed by atoms with Crippen LogP contribution in [0.4, 0.5) is 23.4 Å². The average molecular weight is 560 g/mol. The van der Waals surface area contributed by atoms with Crippen LogP contribution in [0.2, 0.25) is 0 Å². The van der Waals surface area contributed by atoms with Crippen LogP contribution in [0.25, 0.3) is 11.0 Å². The van der Waals surface area contributed by atoms with Crippen molar-refractivity contribution in [2.24, 2.45) is 5.14 Å². The normalized spacial score (nSPS) is 21.9. The number of hydrogen-bond acceptors (Lipinski definition) is 9. The number of alkyl halides is 3. The van der Waals surface area contributed by atoms with Gasteiger partial charge in [0.25, 0.3) is 10.2 Å². The molecule has 0 unspecified atom stereocenters. The second-order valence-corrected chi connectivity index (χ2v) is 9.49. The summed E-state index contributed by atoms with van der Waals surface area (Å²) in [6, 6.07) is 3.28. The third-order valence-electron chi connectivity index (χ3n) is 5.42. The van der Waals surface area contributed by atoms with Crippen LogP contribution in [0.5, 0.6) is 5.75 Å². The lowest BCUT2D eigenvalue weighted by Crippen LogP contribution is -2.42. The number of aliphatic hydroxyl groups is 2. The van der Waals surface area contributed by atoms with Crippen LogP contribution in [-0.4, -0.2) is 70.8 Å². The molecule has 12 nitrogen and oxygen atoms in total. The van der Waals surface area contributed by atoms with E-state index in [-0.39, 0.29) is 22.4 Å². The fourth-order valence-electron chi connectivity index (χ4n) is 3.76. The number of benzene rings is 1. The summed E-state index contributed by atoms with van der Waals surface area (Å²) in [7, 11) is -4.11. The van der Waals surface area contributed by atoms with E-state index in [0.717, 1.165) is 24.5 Å². The minimum Gasteiger partial charge on any atom is -0.483 e. The molecular formula is C21H20F4N6O6S. The number of nitrogen functional groups attached to an aromatic ring is 1. The first-order valence-corrected chi connectivity index (χ1v) is 12.2. The van der Waals surface area contributed by atoms with E-state index >= 15 is 0 Å². The zero-order chi connectivity index (χ0) is 27.8. The molecule has 2 aromatic heterocycles. The molecule has 0 spiro atoms. The maximum atomic E-state index is 14.5. The lowest BCUT2D eigenvalue weighted by atomic mass is 10.1. The van der Waals surface area contributed by atoms with Crippen molar-refractivity contribution in [2.45, 2.75) is 30.7 Å². The smallest absolute Gasteiger partial charge is 0.422 e. The summed E-state index contributed by atoms with van der Waals surface area (Å²) < 4.78 is 88.2. The standard InChI is InChI=1S/C21H20F4N6O6S/c22-12-2-1-3-13(36-8-21(23,24)25)11(12)5-4-10-7-31(19-15(10)18(26)28-9-29-19)20-17(33)16(32)14(37-20)6-30-38(27,34)35/h1-3,7,9,14,16-17,20,30,32-33H,6,8H2,(H2,26,28,29)(H2,27,34,35)/t14-,16-,17-,20-/m1/s1. The molecule has 1 fully saturated rings. The molecule has 0 amide bonds. The monoisotopic (exact) mass is 560 g/mol. The van der Waals surface area contributed by atoms with Crippen molar-refractivity contribution < 1.29 is 45.7 Å². The summed E-state index contributed by atoms with van der Waals surface area (Å²) in [5.41, 5.74) is 5.70. The first kappa shape index (κ1) is 27.5. The number of nitrogens with zero attached hydrogens (tertiary/aromatic N) is 3. The van der Waals surface area contributed by atoms with Gasteiger partial charge in [-0.2, -0.15) is 26.3 Å². The Labute approximate surface area is 212 Å². The highest BCUT2D eigenvalue weighted by Gasteiger charge is 2.44. The maximum Gasteiger partial charge on any atom is 0.422 e. The molecule has 0 aliphatic carbocycles. The van der Waals surface area contributed by atoms with E-state index in [2.05, 4.69) is 21.8 Å². The fourth-order valence-corrected chi connectivity index (χ4v) is 4.16. The Morgan fingerprint density at radius 3 is 2.63 bits per heavy atom. The minimum atomic E-state index is -4.66. The molecule has 38 heavy (non-hydrogen) atoms. The average Bonchev–Trinajstić information content (AvgIpc) is 3.33. The van der Waals surface area contributed by atoms with E-state index < -0.39 is 71.2 Å². The third-order valence-corrected chi connectivity index (χ3v) is 5.99. The number of aliphatic hydroxyl groups excluding tert-OH is 2. The molecule has 4 atom stereocenters. The van der Waals surface area contributed by atoms with Gasteiger partial charge in [0.1, 0.15) is 53.2 Å². The van der Waals surface area contributed by atoms with Crippen molar-refractivity contribution in [3.63, 3.8) is 0 Å². The lowest BCUT2D eigenvalue weighted by molar-refractivity contribution is -0.153. The summed E-state index contributed by atoms with van der Waals surface area (Å²) in [4.78, 5) is 7.98. The SMILES string of the molecule is Nc1ncnc2c1c(C#Cc1c(F)cccc1OCC(F)(F)F)cn2[C@@H]1O[C@H](CNS(N)(=O)=O)[C@@H](O)[C@H]1O. The van der Waals surface area contributed by atoms with Crippen molar-refractivity contribution in [3.05, 3.63) is 47.7 Å². The molecule has 0 radical (unpaired) electrons. The quantitative estimate of drug-likeness (QED) is 0.203. The highest BCUT2D eigenvalue weighted by molar-refractivity contribution is 7.87. The molecule has 3 heterocycles. The lowest BCUT2D eigenvalue weighted by Gasteiger charge is -2.17. The molecule has 1 saturated heterocycles. The molecule has 204 valence electrons. The Balaban J connectivity index is 1.72. The molecule has 1 aliphatic heterocycles. The molecule has 7 N–H and O–H groups in total. The third kappa shape index (κ3) is 5.96. The van der Waals surface area contributed by atoms with Gasteiger partial charge < -0.3 is 30.0 Å². The van der Waals surface area contributed by atoms with E-state index in [1.807, 2.05) is 4.72 Å². The number of nitrogens with one attached hydrogen (secondary N) is 1. The van der Waals surface area contributed by atoms with E-state index in [0.29, 0.717) is 0 Å². The van der Waals surface area contributed by atoms with E-state index in [9.17, 15) is 36.2 Å². The zero-order valence-electron chi connectivity index (χ0n) is 19.1. The summed E-state index contributed by atoms with van der Waals surface area (Å²) in [5.74, 6) is 3.60. The second-order valence-electron chi connectivity index (χ2n) is 8.11. The second kappa shape index (κ2) is 10.3. The molecule has 0 bridgehead atoms. The van der Waals surface area contributed by atoms with Gasteiger partial charge in [-0.05, 0) is 12.1 Å². The van der Waals surface area contributed by atoms with Gasteiger partial charge in [-0.15, -0.1) is 0 Å². The molecule has 1 aliphatic rings. The summed E-state index contributed by atoms with van der Waals surface area (Å²) in [6.45, 7) is -2.11. The van der Waals surface area contributed by atoms with Crippen molar-refractivity contribution >= 4 is 27.1 Å². The molecule has 4 rings (SSSR count). The van der Waals surface area contributed by atoms with Gasteiger partial charge >= 0.3 is 6.18 Å². The number of halogens is 4. The Morgan fingerprint density at radius 1 is 1.21 bits per heavy atom. The molecule has 17 heteroatoms. The van der Waals surface area contributed by atoms with Crippen molar-refractivity contribution in [1.29, 1.82) is 0 Å². The van der Waals surface area contributed by atoms with Gasteiger partial charge in [-0.25, -0.2) is 19.5 Å². The first-order valence-electron chi connectivity index (χ1n) is 10.7. The summed E-state index contributed by atoms with van der Waals surface area (Å²) in [6.07, 6.45) is -7.87. The van der Waals surface area contributed by atoms with Gasteiger partial charge in [0.2, 0.25) is 0 Å². The maximum absolute atomic E-state index is 14.5. The van der Waals surface area contributed by atoms with E-state index in [1.165, 1.54) is 10.8 Å². The van der Waals surface area contributed by atoms with Gasteiger partial charge in [0, 0.05) is 12.7 Å². The van der Waals surface area contributed by atoms with Crippen LogP contribution >= 0.6 is 0 Å². The molecular weight excluding hydrogens is 540 g/mol. The number of anilines is 1. The Morgan fingerprint density at radius 2 is 1.95 bits per heavy atom. The van der Waals surface area contributed by atoms with Crippen LogP contribution in [0.15, 0.2) is 30.7 Å². The van der Waals surface area contributed by atoms with Crippen molar-refractivity contribution in [3.8, 4) is 17.6 Å². The predicted molar refractivity (Wildman–Crippen MR) is 123 cm³/mol. The summed E-state index contributed by atoms with van der Waals surface area (Å²) >= 11 is 0. The molecule has 3 aromatic rings. The number of fused-ring (bicyclic) bond motifs is 1. The van der Waals surface area contributed by atoms with Crippen LogP contribution in [0.3, 0.4) is 0 Å². The van der Waals surface area contributed by atoms with E-state index in [4.69, 9.17) is 20.3 Å². The molecule has 0 saturated carbocycles. The van der Waals surface area contributed by atoms with Crippen LogP contribution in [0, 0.1) is 17.7 Å². The fraction of sp³-hybridized carbons (Fsp3) is 0.333. The summed E-state index contributed by atoms with van der Waals surface area (Å²) in [5, 5.41) is 26.0. The van der Waals surface area contributed by atoms with Gasteiger partial charge in [-0.3, -0.25) is 0 Å². The van der Waals surface area contributed by atoms with Crippen molar-refractivity contribution in [2.75, 3.05) is 18.9 Å². The predicted octanol–water partition coefficient (Wildman–Crippen LogP) is -0.0942. The highest BCUT2D eigenvalue weighted by atomic mass is 32.2. The zero-order valence-corrected chi connectivity index (χ0v) is 19.9. The van der Waals surface area contributed by atoms with Crippen molar-refractivity contribution in [1.82, 2.24) is 19.3 Å². The Hall–Kier alpha value is -3.53. The number of aromatic nitrogens is 3. The Kier molecular flexibility index (Phi) is 7.47. The number of hydrogen-bond donors (Lipinski definition) is 5. The number of rotatable bonds is 6. The van der Waals surface area contributed by atoms with Crippen LogP contribution in [0.1, 0.15) is 17.4 Å². The number of ether oxygens (including phenoxy) is 2. The van der Waals surface area contributed by atoms with Crippen LogP contribution in [-0.2, 0) is 14.9 Å². The first-order chi connectivity index (χ1) is 17.7. The topological polar surface area (TPSA) is 188 Å². The van der Waals surface area contributed by atoms with Gasteiger partial charge in [-0.1, -0.05) is 17.9 Å². The van der Waals surface area contributed by atoms with E-state index in [1.54, 1.807) is 0 Å². The van der Waals surface area contributed by atoms with Gasteiger partial charge in [0.15, 0.2) is 12.8 Å². The molecule has 1 aromatic carbocycles.